The van der Waals surface area contributed by atoms with Crippen LogP contribution in [0.4, 0.5) is 5.69 Å². The van der Waals surface area contributed by atoms with E-state index in [-0.39, 0.29) is 6.04 Å². The van der Waals surface area contributed by atoms with Crippen molar-refractivity contribution in [3.63, 3.8) is 0 Å². The molecular formula is C23H28N2O5. The van der Waals surface area contributed by atoms with Gasteiger partial charge in [-0.3, -0.25) is 9.69 Å². The number of Topliss-reactive ketones (excluding diaryl/α,β-unsaturated/α-hetero) is 1. The van der Waals surface area contributed by atoms with Gasteiger partial charge in [0.05, 0.1) is 25.7 Å². The Bertz CT molecular complexity index is 976. The number of carbonyl (C=O) groups is 2. The Morgan fingerprint density at radius 1 is 1.30 bits per heavy atom. The first kappa shape index (κ1) is 19.6. The molecular weight excluding hydrogens is 384 g/mol. The summed E-state index contributed by atoms with van der Waals surface area (Å²) in [6, 6.07) is 5.03. The van der Waals surface area contributed by atoms with E-state index in [1.165, 1.54) is 7.11 Å². The smallest absolute Gasteiger partial charge is 0.348 e. The van der Waals surface area contributed by atoms with E-state index in [1.807, 2.05) is 49.2 Å². The fourth-order valence-corrected chi connectivity index (χ4v) is 7.08. The predicted molar refractivity (Wildman–Crippen MR) is 111 cm³/mol. The van der Waals surface area contributed by atoms with Crippen molar-refractivity contribution in [3.8, 4) is 5.75 Å². The molecule has 1 N–H and O–H groups in total. The van der Waals surface area contributed by atoms with Crippen LogP contribution in [0.2, 0.25) is 0 Å². The van der Waals surface area contributed by atoms with Crippen LogP contribution in [0, 0.1) is 5.41 Å². The summed E-state index contributed by atoms with van der Waals surface area (Å²) in [6.45, 7) is 3.53. The molecule has 0 unspecified atom stereocenters. The molecule has 1 aromatic rings. The molecule has 3 aliphatic heterocycles. The van der Waals surface area contributed by atoms with Crippen LogP contribution in [-0.4, -0.2) is 73.8 Å². The maximum absolute atomic E-state index is 14.0. The van der Waals surface area contributed by atoms with Gasteiger partial charge in [0.25, 0.3) is 0 Å². The first-order valence-electron chi connectivity index (χ1n) is 10.5. The molecule has 7 nitrogen and oxygen atoms in total. The molecule has 160 valence electrons. The quantitative estimate of drug-likeness (QED) is 0.455. The summed E-state index contributed by atoms with van der Waals surface area (Å²) >= 11 is 0. The highest BCUT2D eigenvalue weighted by Crippen LogP contribution is 2.65. The second kappa shape index (κ2) is 6.08. The second-order valence-electron chi connectivity index (χ2n) is 8.97. The fraction of sp³-hybridized carbons (Fsp3) is 0.565. The number of anilines is 1. The van der Waals surface area contributed by atoms with E-state index >= 15 is 0 Å². The van der Waals surface area contributed by atoms with Gasteiger partial charge in [0.1, 0.15) is 5.75 Å². The van der Waals surface area contributed by atoms with E-state index in [4.69, 9.17) is 9.47 Å². The molecule has 2 fully saturated rings. The fourth-order valence-electron chi connectivity index (χ4n) is 7.08. The first-order chi connectivity index (χ1) is 14.3. The van der Waals surface area contributed by atoms with Crippen molar-refractivity contribution in [2.75, 3.05) is 39.3 Å². The molecule has 0 radical (unpaired) electrons. The zero-order valence-electron chi connectivity index (χ0n) is 17.8. The minimum Gasteiger partial charge on any atom is -0.497 e. The monoisotopic (exact) mass is 412 g/mol. The van der Waals surface area contributed by atoms with Crippen LogP contribution in [0.5, 0.6) is 5.75 Å². The summed E-state index contributed by atoms with van der Waals surface area (Å²) in [5.74, 6) is -0.639. The SMILES string of the molecule is CC[C@]12C=CCN3CC[C@@]4(c5ccc(OC)cc5N(C)[C@H]4[C@](O)(C(=O)OC)C1=O)[C@@H]32. The third-order valence-electron chi connectivity index (χ3n) is 8.12. The molecule has 1 spiro atoms. The number of nitrogens with zero attached hydrogens (tertiary/aromatic N) is 2. The lowest BCUT2D eigenvalue weighted by Crippen LogP contribution is -2.79. The predicted octanol–water partition coefficient (Wildman–Crippen LogP) is 1.28. The second-order valence-corrected chi connectivity index (χ2v) is 8.97. The van der Waals surface area contributed by atoms with Crippen molar-refractivity contribution in [3.05, 3.63) is 35.9 Å². The number of benzene rings is 1. The molecule has 1 saturated carbocycles. The van der Waals surface area contributed by atoms with Crippen LogP contribution in [-0.2, 0) is 19.7 Å². The van der Waals surface area contributed by atoms with Gasteiger partial charge in [0.15, 0.2) is 5.78 Å². The summed E-state index contributed by atoms with van der Waals surface area (Å²) in [7, 11) is 4.69. The van der Waals surface area contributed by atoms with Crippen LogP contribution in [0.15, 0.2) is 30.4 Å². The molecule has 7 heteroatoms. The Labute approximate surface area is 176 Å². The Morgan fingerprint density at radius 3 is 2.73 bits per heavy atom. The van der Waals surface area contributed by atoms with Gasteiger partial charge in [-0.05, 0) is 31.0 Å². The van der Waals surface area contributed by atoms with E-state index in [0.29, 0.717) is 12.2 Å². The van der Waals surface area contributed by atoms with Crippen molar-refractivity contribution in [1.29, 1.82) is 0 Å². The average molecular weight is 412 g/mol. The number of rotatable bonds is 3. The highest BCUT2D eigenvalue weighted by molar-refractivity contribution is 6.14. The number of ether oxygens (including phenoxy) is 2. The number of aliphatic hydroxyl groups is 1. The zero-order valence-corrected chi connectivity index (χ0v) is 17.8. The van der Waals surface area contributed by atoms with Crippen LogP contribution in [0.25, 0.3) is 0 Å². The highest BCUT2D eigenvalue weighted by Gasteiger charge is 2.79. The lowest BCUT2D eigenvalue weighted by molar-refractivity contribution is -0.186. The molecule has 5 atom stereocenters. The molecule has 0 aromatic heterocycles. The van der Waals surface area contributed by atoms with E-state index in [2.05, 4.69) is 4.90 Å². The van der Waals surface area contributed by atoms with Gasteiger partial charge < -0.3 is 19.5 Å². The Morgan fingerprint density at radius 2 is 2.07 bits per heavy atom. The van der Waals surface area contributed by atoms with E-state index in [9.17, 15) is 14.7 Å². The normalized spacial score (nSPS) is 38.8. The number of fused-ring (bicyclic) bond motifs is 1. The molecule has 1 aromatic carbocycles. The Kier molecular flexibility index (Phi) is 3.97. The van der Waals surface area contributed by atoms with E-state index in [1.54, 1.807) is 7.11 Å². The number of esters is 1. The number of likely N-dealkylation sites (N-methyl/N-ethyl adjacent to an activating group) is 1. The van der Waals surface area contributed by atoms with Gasteiger partial charge in [-0.1, -0.05) is 25.1 Å². The third-order valence-corrected chi connectivity index (χ3v) is 8.12. The van der Waals surface area contributed by atoms with Crippen molar-refractivity contribution in [2.24, 2.45) is 5.41 Å². The third kappa shape index (κ3) is 1.89. The van der Waals surface area contributed by atoms with Gasteiger partial charge in [0, 0.05) is 36.8 Å². The number of hydrogen-bond donors (Lipinski definition) is 1. The molecule has 4 aliphatic rings. The summed E-state index contributed by atoms with van der Waals surface area (Å²) in [5, 5.41) is 11.9. The number of methoxy groups -OCH3 is 2. The number of ketones is 1. The van der Waals surface area contributed by atoms with Gasteiger partial charge in [-0.2, -0.15) is 0 Å². The van der Waals surface area contributed by atoms with Gasteiger partial charge in [0.2, 0.25) is 5.60 Å². The lowest BCUT2D eigenvalue weighted by Gasteiger charge is -2.59. The maximum Gasteiger partial charge on any atom is 0.348 e. The molecule has 5 rings (SSSR count). The minimum atomic E-state index is -2.26. The zero-order chi connectivity index (χ0) is 21.5. The Balaban J connectivity index is 1.86. The highest BCUT2D eigenvalue weighted by atomic mass is 16.5. The van der Waals surface area contributed by atoms with Crippen LogP contribution < -0.4 is 9.64 Å². The molecule has 3 heterocycles. The first-order valence-corrected chi connectivity index (χ1v) is 10.5. The standard InChI is InChI=1S/C23H28N2O5/c1-5-21-9-6-11-25-12-10-22(17(21)25)15-8-7-14(29-3)13-16(15)24(2)18(22)23(28,19(21)26)20(27)30-4/h6-9,13,17-18,28H,5,10-12H2,1-4H3/t17-,18+,21+,22+,23+/m0/s1. The molecule has 1 saturated heterocycles. The maximum atomic E-state index is 14.0. The minimum absolute atomic E-state index is 0.125. The van der Waals surface area contributed by atoms with Crippen LogP contribution in [0.1, 0.15) is 25.3 Å². The van der Waals surface area contributed by atoms with E-state index in [0.717, 1.165) is 30.8 Å². The summed E-state index contributed by atoms with van der Waals surface area (Å²) < 4.78 is 10.5. The van der Waals surface area contributed by atoms with Gasteiger partial charge in [-0.25, -0.2) is 4.79 Å². The summed E-state index contributed by atoms with van der Waals surface area (Å²) in [5.41, 5.74) is -1.84. The topological polar surface area (TPSA) is 79.3 Å². The molecule has 0 bridgehead atoms. The van der Waals surface area contributed by atoms with Crippen molar-refractivity contribution in [1.82, 2.24) is 4.90 Å². The Hall–Kier alpha value is -2.38. The molecule has 30 heavy (non-hydrogen) atoms. The van der Waals surface area contributed by atoms with Crippen molar-refractivity contribution in [2.45, 2.75) is 42.9 Å². The summed E-state index contributed by atoms with van der Waals surface area (Å²) in [6.07, 6.45) is 5.20. The van der Waals surface area contributed by atoms with E-state index < -0.39 is 34.2 Å². The molecule has 1 aliphatic carbocycles. The van der Waals surface area contributed by atoms with Crippen molar-refractivity contribution < 1.29 is 24.2 Å². The van der Waals surface area contributed by atoms with Crippen LogP contribution >= 0.6 is 0 Å². The lowest BCUT2D eigenvalue weighted by atomic mass is 9.48. The number of carbonyl (C=O) groups excluding carboxylic acids is 2. The summed E-state index contributed by atoms with van der Waals surface area (Å²) in [4.78, 5) is 31.4. The van der Waals surface area contributed by atoms with Crippen molar-refractivity contribution >= 4 is 17.4 Å². The van der Waals surface area contributed by atoms with Gasteiger partial charge >= 0.3 is 5.97 Å². The number of hydrogen-bond acceptors (Lipinski definition) is 7. The van der Waals surface area contributed by atoms with Crippen LogP contribution in [0.3, 0.4) is 0 Å². The molecule has 0 amide bonds. The van der Waals surface area contributed by atoms with Gasteiger partial charge in [-0.15, -0.1) is 0 Å². The average Bonchev–Trinajstić information content (AvgIpc) is 3.28. The largest absolute Gasteiger partial charge is 0.497 e.